The molecule has 6 heteroatoms. The van der Waals surface area contributed by atoms with E-state index in [9.17, 15) is 9.59 Å². The number of carboxylic acids is 1. The fourth-order valence-corrected chi connectivity index (χ4v) is 2.75. The van der Waals surface area contributed by atoms with Crippen LogP contribution in [-0.4, -0.2) is 28.2 Å². The Bertz CT molecular complexity index is 475. The minimum atomic E-state index is -1.23. The van der Waals surface area contributed by atoms with Crippen molar-refractivity contribution < 1.29 is 19.2 Å². The summed E-state index contributed by atoms with van der Waals surface area (Å²) in [5.41, 5.74) is 0.0260. The quantitative estimate of drug-likeness (QED) is 0.864. The number of amides is 1. The molecular weight excluding hydrogens is 260 g/mol. The van der Waals surface area contributed by atoms with Crippen LogP contribution in [0.1, 0.15) is 66.5 Å². The van der Waals surface area contributed by atoms with E-state index in [-0.39, 0.29) is 23.4 Å². The van der Waals surface area contributed by atoms with Gasteiger partial charge in [-0.15, -0.1) is 0 Å². The molecule has 1 aliphatic carbocycles. The molecule has 0 bridgehead atoms. The molecule has 0 radical (unpaired) electrons. The van der Waals surface area contributed by atoms with E-state index in [4.69, 9.17) is 5.11 Å². The summed E-state index contributed by atoms with van der Waals surface area (Å²) in [6.07, 6.45) is 6.68. The van der Waals surface area contributed by atoms with Gasteiger partial charge in [-0.3, -0.25) is 4.79 Å². The highest BCUT2D eigenvalue weighted by molar-refractivity contribution is 5.94. The van der Waals surface area contributed by atoms with Crippen LogP contribution in [0.15, 0.2) is 10.6 Å². The number of carboxylic acid groups (broad SMARTS) is 1. The van der Waals surface area contributed by atoms with E-state index in [1.54, 1.807) is 0 Å². The van der Waals surface area contributed by atoms with Crippen LogP contribution >= 0.6 is 0 Å². The molecule has 0 unspecified atom stereocenters. The zero-order valence-electron chi connectivity index (χ0n) is 11.6. The first-order valence-electron chi connectivity index (χ1n) is 7.11. The van der Waals surface area contributed by atoms with Gasteiger partial charge in [-0.2, -0.15) is 0 Å². The summed E-state index contributed by atoms with van der Waals surface area (Å²) in [4.78, 5) is 22.6. The van der Waals surface area contributed by atoms with Crippen molar-refractivity contribution >= 4 is 11.9 Å². The van der Waals surface area contributed by atoms with Crippen molar-refractivity contribution in [3.05, 3.63) is 17.5 Å². The summed E-state index contributed by atoms with van der Waals surface area (Å²) in [6.45, 7) is 2.19. The van der Waals surface area contributed by atoms with Gasteiger partial charge in [0.15, 0.2) is 5.69 Å². The van der Waals surface area contributed by atoms with Crippen molar-refractivity contribution in [2.45, 2.75) is 51.5 Å². The van der Waals surface area contributed by atoms with E-state index in [2.05, 4.69) is 21.9 Å². The number of carbonyl (C=O) groups excluding carboxylic acids is 1. The van der Waals surface area contributed by atoms with Crippen LogP contribution < -0.4 is 5.32 Å². The molecule has 0 atom stereocenters. The first-order chi connectivity index (χ1) is 9.60. The Balaban J connectivity index is 1.84. The van der Waals surface area contributed by atoms with Gasteiger partial charge >= 0.3 is 5.97 Å². The monoisotopic (exact) mass is 280 g/mol. The van der Waals surface area contributed by atoms with E-state index in [0.29, 0.717) is 0 Å². The second-order valence-electron chi connectivity index (χ2n) is 5.36. The van der Waals surface area contributed by atoms with Crippen LogP contribution in [0, 0.1) is 5.92 Å². The minimum absolute atomic E-state index is 0.0260. The van der Waals surface area contributed by atoms with E-state index < -0.39 is 5.97 Å². The third-order valence-electron chi connectivity index (χ3n) is 3.83. The summed E-state index contributed by atoms with van der Waals surface area (Å²) < 4.78 is 4.58. The van der Waals surface area contributed by atoms with Crippen molar-refractivity contribution in [1.29, 1.82) is 0 Å². The number of hydrogen-bond acceptors (Lipinski definition) is 4. The number of aromatic carboxylic acids is 1. The van der Waals surface area contributed by atoms with Gasteiger partial charge in [0.25, 0.3) is 5.91 Å². The molecule has 1 heterocycles. The standard InChI is InChI=1S/C14H20N2O4/c1-2-3-9-4-6-10(7-5-9)15-13(17)11-8-12(14(18)19)20-16-11/h8-10H,2-7H2,1H3,(H,15,17)(H,18,19). The Morgan fingerprint density at radius 1 is 1.40 bits per heavy atom. The number of carbonyl (C=O) groups is 2. The average molecular weight is 280 g/mol. The zero-order chi connectivity index (χ0) is 14.5. The fourth-order valence-electron chi connectivity index (χ4n) is 2.75. The molecule has 2 rings (SSSR count). The molecule has 6 nitrogen and oxygen atoms in total. The van der Waals surface area contributed by atoms with E-state index >= 15 is 0 Å². The van der Waals surface area contributed by atoms with Gasteiger partial charge in [-0.05, 0) is 31.6 Å². The molecule has 1 saturated carbocycles. The summed E-state index contributed by atoms with van der Waals surface area (Å²) in [5, 5.41) is 15.1. The first kappa shape index (κ1) is 14.6. The second-order valence-corrected chi connectivity index (χ2v) is 5.36. The zero-order valence-corrected chi connectivity index (χ0v) is 11.6. The molecule has 2 N–H and O–H groups in total. The third-order valence-corrected chi connectivity index (χ3v) is 3.83. The van der Waals surface area contributed by atoms with Crippen LogP contribution in [-0.2, 0) is 0 Å². The van der Waals surface area contributed by atoms with Gasteiger partial charge in [-0.1, -0.05) is 24.9 Å². The topological polar surface area (TPSA) is 92.4 Å². The summed E-state index contributed by atoms with van der Waals surface area (Å²) in [7, 11) is 0. The highest BCUT2D eigenvalue weighted by Crippen LogP contribution is 2.27. The molecule has 0 aliphatic heterocycles. The van der Waals surface area contributed by atoms with Crippen LogP contribution in [0.4, 0.5) is 0 Å². The molecule has 1 aromatic heterocycles. The highest BCUT2D eigenvalue weighted by Gasteiger charge is 2.24. The maximum Gasteiger partial charge on any atom is 0.374 e. The largest absolute Gasteiger partial charge is 0.475 e. The van der Waals surface area contributed by atoms with Gasteiger partial charge in [0, 0.05) is 12.1 Å². The molecule has 1 aromatic rings. The Kier molecular flexibility index (Phi) is 4.76. The predicted octanol–water partition coefficient (Wildman–Crippen LogP) is 2.46. The van der Waals surface area contributed by atoms with Gasteiger partial charge in [-0.25, -0.2) is 4.79 Å². The summed E-state index contributed by atoms with van der Waals surface area (Å²) in [6, 6.07) is 1.31. The highest BCUT2D eigenvalue weighted by atomic mass is 16.5. The second kappa shape index (κ2) is 6.54. The lowest BCUT2D eigenvalue weighted by Gasteiger charge is -2.28. The number of nitrogens with one attached hydrogen (secondary N) is 1. The van der Waals surface area contributed by atoms with Gasteiger partial charge in [0.1, 0.15) is 0 Å². The van der Waals surface area contributed by atoms with Crippen molar-refractivity contribution in [3.8, 4) is 0 Å². The number of aromatic nitrogens is 1. The van der Waals surface area contributed by atoms with E-state index in [1.165, 1.54) is 12.8 Å². The number of nitrogens with zero attached hydrogens (tertiary/aromatic N) is 1. The van der Waals surface area contributed by atoms with Crippen molar-refractivity contribution in [3.63, 3.8) is 0 Å². The summed E-state index contributed by atoms with van der Waals surface area (Å²) in [5.74, 6) is -1.13. The molecule has 0 saturated heterocycles. The SMILES string of the molecule is CCCC1CCC(NC(=O)c2cc(C(=O)O)on2)CC1. The van der Waals surface area contributed by atoms with Crippen molar-refractivity contribution in [2.75, 3.05) is 0 Å². The normalized spacial score (nSPS) is 22.4. The molecule has 0 aromatic carbocycles. The van der Waals surface area contributed by atoms with Crippen molar-refractivity contribution in [2.24, 2.45) is 5.92 Å². The van der Waals surface area contributed by atoms with Crippen LogP contribution in [0.2, 0.25) is 0 Å². The molecule has 1 amide bonds. The molecule has 110 valence electrons. The van der Waals surface area contributed by atoms with Crippen molar-refractivity contribution in [1.82, 2.24) is 10.5 Å². The molecule has 0 spiro atoms. The maximum absolute atomic E-state index is 11.9. The third kappa shape index (κ3) is 3.59. The Hall–Kier alpha value is -1.85. The molecule has 20 heavy (non-hydrogen) atoms. The lowest BCUT2D eigenvalue weighted by molar-refractivity contribution is 0.0650. The van der Waals surface area contributed by atoms with Crippen LogP contribution in [0.5, 0.6) is 0 Å². The molecule has 1 fully saturated rings. The molecule has 1 aliphatic rings. The number of hydrogen-bond donors (Lipinski definition) is 2. The summed E-state index contributed by atoms with van der Waals surface area (Å²) >= 11 is 0. The van der Waals surface area contributed by atoms with E-state index in [0.717, 1.165) is 37.7 Å². The Morgan fingerprint density at radius 2 is 2.10 bits per heavy atom. The lowest BCUT2D eigenvalue weighted by Crippen LogP contribution is -2.37. The maximum atomic E-state index is 11.9. The minimum Gasteiger partial charge on any atom is -0.475 e. The number of rotatable bonds is 5. The average Bonchev–Trinajstić information content (AvgIpc) is 2.91. The first-order valence-corrected chi connectivity index (χ1v) is 7.11. The predicted molar refractivity (Wildman–Crippen MR) is 71.6 cm³/mol. The van der Waals surface area contributed by atoms with Crippen LogP contribution in [0.3, 0.4) is 0 Å². The molecular formula is C14H20N2O4. The smallest absolute Gasteiger partial charge is 0.374 e. The van der Waals surface area contributed by atoms with Gasteiger partial charge in [0.2, 0.25) is 5.76 Å². The van der Waals surface area contributed by atoms with Gasteiger partial charge < -0.3 is 14.9 Å². The van der Waals surface area contributed by atoms with Gasteiger partial charge in [0.05, 0.1) is 0 Å². The fraction of sp³-hybridized carbons (Fsp3) is 0.643. The Labute approximate surface area is 117 Å². The lowest BCUT2D eigenvalue weighted by atomic mass is 9.83. The Morgan fingerprint density at radius 3 is 2.65 bits per heavy atom. The van der Waals surface area contributed by atoms with Crippen LogP contribution in [0.25, 0.3) is 0 Å². The van der Waals surface area contributed by atoms with E-state index in [1.807, 2.05) is 0 Å².